The molecule has 1 unspecified atom stereocenters. The van der Waals surface area contributed by atoms with Crippen LogP contribution in [0.1, 0.15) is 64.5 Å². The lowest BCUT2D eigenvalue weighted by molar-refractivity contribution is -0.149. The molecule has 244 valence electrons. The van der Waals surface area contributed by atoms with E-state index in [2.05, 4.69) is 10.6 Å². The number of ether oxygens (including phenoxy) is 1. The molecule has 0 saturated carbocycles. The van der Waals surface area contributed by atoms with Gasteiger partial charge in [-0.3, -0.25) is 28.8 Å². The molecule has 0 saturated heterocycles. The van der Waals surface area contributed by atoms with Crippen molar-refractivity contribution in [1.82, 2.24) is 10.6 Å². The maximum atomic E-state index is 13.3. The molecule has 0 heterocycles. The molecule has 11 heteroatoms. The summed E-state index contributed by atoms with van der Waals surface area (Å²) in [5, 5.41) is 4.96. The maximum Gasteiger partial charge on any atom is 0.306 e. The number of amides is 3. The Kier molecular flexibility index (Phi) is 15.0. The van der Waals surface area contributed by atoms with Crippen LogP contribution >= 0.6 is 0 Å². The van der Waals surface area contributed by atoms with Gasteiger partial charge in [0.05, 0.1) is 19.0 Å². The lowest BCUT2D eigenvalue weighted by atomic mass is 9.90. The Morgan fingerprint density at radius 2 is 1.51 bits per heavy atom. The summed E-state index contributed by atoms with van der Waals surface area (Å²) in [6.45, 7) is 6.85. The summed E-state index contributed by atoms with van der Waals surface area (Å²) in [6, 6.07) is 13.4. The van der Waals surface area contributed by atoms with Crippen molar-refractivity contribution in [2.45, 2.75) is 72.4 Å². The van der Waals surface area contributed by atoms with E-state index in [1.807, 2.05) is 44.2 Å². The monoisotopic (exact) mass is 625 g/mol. The van der Waals surface area contributed by atoms with Gasteiger partial charge < -0.3 is 21.1 Å². The summed E-state index contributed by atoms with van der Waals surface area (Å²) in [4.78, 5) is 76.5. The van der Waals surface area contributed by atoms with Gasteiger partial charge >= 0.3 is 5.97 Å². The molecule has 4 N–H and O–H groups in total. The fourth-order valence-electron chi connectivity index (χ4n) is 4.76. The zero-order valence-electron chi connectivity index (χ0n) is 26.3. The zero-order valence-corrected chi connectivity index (χ0v) is 26.3. The van der Waals surface area contributed by atoms with Crippen LogP contribution in [0.2, 0.25) is 0 Å². The molecule has 0 bridgehead atoms. The van der Waals surface area contributed by atoms with E-state index < -0.39 is 71.4 Å². The Labute approximate surface area is 263 Å². The summed E-state index contributed by atoms with van der Waals surface area (Å²) < 4.78 is 18.6. The highest BCUT2D eigenvalue weighted by Gasteiger charge is 2.34. The van der Waals surface area contributed by atoms with Gasteiger partial charge in [-0.15, -0.1) is 0 Å². The first kappa shape index (κ1) is 36.8. The van der Waals surface area contributed by atoms with Crippen LogP contribution in [0.3, 0.4) is 0 Å². The van der Waals surface area contributed by atoms with Crippen LogP contribution in [0.5, 0.6) is 0 Å². The average molecular weight is 626 g/mol. The Hall–Kier alpha value is -4.41. The van der Waals surface area contributed by atoms with Crippen molar-refractivity contribution >= 4 is 35.3 Å². The number of primary amides is 1. The van der Waals surface area contributed by atoms with Gasteiger partial charge in [0, 0.05) is 18.3 Å². The van der Waals surface area contributed by atoms with Crippen molar-refractivity contribution in [2.75, 3.05) is 6.54 Å². The van der Waals surface area contributed by atoms with Gasteiger partial charge in [0.25, 0.3) is 5.91 Å². The fourth-order valence-corrected chi connectivity index (χ4v) is 4.76. The number of carbonyl (C=O) groups excluding carboxylic acids is 6. The molecule has 2 rings (SSSR count). The molecular formula is C34H44FN3O7. The molecule has 0 radical (unpaired) electrons. The van der Waals surface area contributed by atoms with E-state index in [4.69, 9.17) is 10.5 Å². The van der Waals surface area contributed by atoms with Crippen LogP contribution in [0.4, 0.5) is 4.39 Å². The SMILES string of the molecule is CC[C@H](C)C(NC(=O)[C@@H](CC(=O)OCc1ccccc1)CC(C)C)C(=O)C(=O)NCC(=O)C[C@@H](Cc1ccc(F)cc1)C(N)=O. The van der Waals surface area contributed by atoms with E-state index >= 15 is 0 Å². The van der Waals surface area contributed by atoms with E-state index in [9.17, 15) is 33.2 Å². The van der Waals surface area contributed by atoms with Gasteiger partial charge in [0.2, 0.25) is 17.6 Å². The highest BCUT2D eigenvalue weighted by Crippen LogP contribution is 2.19. The Balaban J connectivity index is 2.00. The number of carbonyl (C=O) groups is 6. The summed E-state index contributed by atoms with van der Waals surface area (Å²) >= 11 is 0. The first-order valence-corrected chi connectivity index (χ1v) is 15.2. The standard InChI is InChI=1S/C34H44FN3O7/c1-5-22(4)30(38-33(43)26(15-21(2)3)18-29(40)45-20-24-9-7-6-8-10-24)31(41)34(44)37-19-28(39)17-25(32(36)42)16-23-11-13-27(35)14-12-23/h6-14,21-22,25-26,30H,5,15-20H2,1-4H3,(H2,36,42)(H,37,44)(H,38,43)/t22-,25+,26+,30?/m0/s1. The van der Waals surface area contributed by atoms with Gasteiger partial charge in [-0.25, -0.2) is 4.39 Å². The normalized spacial score (nSPS) is 13.6. The largest absolute Gasteiger partial charge is 0.461 e. The van der Waals surface area contributed by atoms with Gasteiger partial charge in [-0.05, 0) is 47.9 Å². The molecule has 0 aliphatic heterocycles. The fraction of sp³-hybridized carbons (Fsp3) is 0.471. The third-order valence-electron chi connectivity index (χ3n) is 7.52. The molecular weight excluding hydrogens is 581 g/mol. The second-order valence-corrected chi connectivity index (χ2v) is 11.8. The molecule has 0 aliphatic rings. The van der Waals surface area contributed by atoms with Crippen LogP contribution in [0, 0.1) is 29.5 Å². The number of halogens is 1. The van der Waals surface area contributed by atoms with E-state index in [-0.39, 0.29) is 31.8 Å². The molecule has 2 aromatic rings. The summed E-state index contributed by atoms with van der Waals surface area (Å²) in [5.74, 6) is -6.85. The number of hydrogen-bond acceptors (Lipinski definition) is 7. The number of rotatable bonds is 19. The van der Waals surface area contributed by atoms with Crippen LogP contribution in [0.25, 0.3) is 0 Å². The molecule has 0 aromatic heterocycles. The molecule has 4 atom stereocenters. The van der Waals surface area contributed by atoms with Gasteiger partial charge in [-0.2, -0.15) is 0 Å². The van der Waals surface area contributed by atoms with Gasteiger partial charge in [-0.1, -0.05) is 76.6 Å². The highest BCUT2D eigenvalue weighted by atomic mass is 19.1. The minimum absolute atomic E-state index is 0.0574. The van der Waals surface area contributed by atoms with Crippen molar-refractivity contribution in [2.24, 2.45) is 29.4 Å². The first-order valence-electron chi connectivity index (χ1n) is 15.2. The average Bonchev–Trinajstić information content (AvgIpc) is 3.01. The lowest BCUT2D eigenvalue weighted by Crippen LogP contribution is -2.52. The summed E-state index contributed by atoms with van der Waals surface area (Å²) in [5.41, 5.74) is 6.87. The number of Topliss-reactive ketones (excluding diaryl/α,β-unsaturated/α-hetero) is 2. The van der Waals surface area contributed by atoms with Crippen molar-refractivity contribution in [3.8, 4) is 0 Å². The molecule has 2 aromatic carbocycles. The first-order chi connectivity index (χ1) is 21.3. The van der Waals surface area contributed by atoms with E-state index in [1.54, 1.807) is 13.8 Å². The Morgan fingerprint density at radius 3 is 2.09 bits per heavy atom. The Bertz CT molecular complexity index is 1310. The highest BCUT2D eigenvalue weighted by molar-refractivity contribution is 6.38. The minimum atomic E-state index is -1.19. The topological polar surface area (TPSA) is 162 Å². The van der Waals surface area contributed by atoms with E-state index in [1.165, 1.54) is 24.3 Å². The van der Waals surface area contributed by atoms with Gasteiger partial charge in [0.1, 0.15) is 12.4 Å². The Morgan fingerprint density at radius 1 is 0.867 bits per heavy atom. The van der Waals surface area contributed by atoms with Crippen LogP contribution in [-0.4, -0.2) is 47.8 Å². The minimum Gasteiger partial charge on any atom is -0.461 e. The maximum absolute atomic E-state index is 13.3. The van der Waals surface area contributed by atoms with Crippen molar-refractivity contribution < 1.29 is 37.9 Å². The lowest BCUT2D eigenvalue weighted by Gasteiger charge is -2.26. The molecule has 45 heavy (non-hydrogen) atoms. The van der Waals surface area contributed by atoms with E-state index in [0.717, 1.165) is 5.56 Å². The van der Waals surface area contributed by atoms with Crippen LogP contribution < -0.4 is 16.4 Å². The number of ketones is 2. The zero-order chi connectivity index (χ0) is 33.5. The number of nitrogens with two attached hydrogens (primary N) is 1. The summed E-state index contributed by atoms with van der Waals surface area (Å²) in [6.07, 6.45) is 0.434. The number of esters is 1. The smallest absolute Gasteiger partial charge is 0.306 e. The second-order valence-electron chi connectivity index (χ2n) is 11.8. The van der Waals surface area contributed by atoms with Crippen LogP contribution in [-0.2, 0) is 46.5 Å². The second kappa shape index (κ2) is 18.4. The predicted octanol–water partition coefficient (Wildman–Crippen LogP) is 3.44. The molecule has 3 amide bonds. The number of benzene rings is 2. The van der Waals surface area contributed by atoms with Crippen molar-refractivity contribution in [1.29, 1.82) is 0 Å². The van der Waals surface area contributed by atoms with Crippen molar-refractivity contribution in [3.05, 3.63) is 71.5 Å². The molecule has 0 spiro atoms. The van der Waals surface area contributed by atoms with E-state index in [0.29, 0.717) is 18.4 Å². The third kappa shape index (κ3) is 13.0. The van der Waals surface area contributed by atoms with Crippen LogP contribution in [0.15, 0.2) is 54.6 Å². The molecule has 0 aliphatic carbocycles. The number of hydrogen-bond donors (Lipinski definition) is 3. The van der Waals surface area contributed by atoms with Gasteiger partial charge in [0.15, 0.2) is 5.78 Å². The predicted molar refractivity (Wildman–Crippen MR) is 166 cm³/mol. The number of nitrogens with one attached hydrogen (secondary N) is 2. The third-order valence-corrected chi connectivity index (χ3v) is 7.52. The molecule has 10 nitrogen and oxygen atoms in total. The van der Waals surface area contributed by atoms with Crippen molar-refractivity contribution in [3.63, 3.8) is 0 Å². The quantitative estimate of drug-likeness (QED) is 0.159. The molecule has 0 fully saturated rings. The summed E-state index contributed by atoms with van der Waals surface area (Å²) in [7, 11) is 0.